The Kier molecular flexibility index (Phi) is 4.68. The van der Waals surface area contributed by atoms with Gasteiger partial charge in [0.25, 0.3) is 10.0 Å². The highest BCUT2D eigenvalue weighted by Gasteiger charge is 2.20. The van der Waals surface area contributed by atoms with E-state index in [1.165, 1.54) is 11.3 Å². The van der Waals surface area contributed by atoms with Crippen LogP contribution in [0.4, 0.5) is 0 Å². The maximum Gasteiger partial charge on any atom is 0.250 e. The Morgan fingerprint density at radius 2 is 2.05 bits per heavy atom. The summed E-state index contributed by atoms with van der Waals surface area (Å²) in [6, 6.07) is 10.1. The highest BCUT2D eigenvalue weighted by atomic mass is 79.9. The lowest BCUT2D eigenvalue weighted by molar-refractivity contribution is 0.569. The molecular formula is C12H11BrClNO2S2. The number of nitrogens with one attached hydrogen (secondary N) is 1. The van der Waals surface area contributed by atoms with Crippen molar-refractivity contribution >= 4 is 48.9 Å². The van der Waals surface area contributed by atoms with Crippen LogP contribution < -0.4 is 4.72 Å². The molecule has 2 rings (SSSR count). The molecule has 0 aliphatic rings. The van der Waals surface area contributed by atoms with Gasteiger partial charge in [-0.15, -0.1) is 11.3 Å². The first-order valence-electron chi connectivity index (χ1n) is 5.41. The Bertz CT molecular complexity index is 685. The predicted molar refractivity (Wildman–Crippen MR) is 82.2 cm³/mol. The van der Waals surface area contributed by atoms with Crippen LogP contribution in [-0.4, -0.2) is 8.42 Å². The number of sulfonamides is 1. The van der Waals surface area contributed by atoms with Gasteiger partial charge >= 0.3 is 0 Å². The third kappa shape index (κ3) is 3.79. The minimum absolute atomic E-state index is 0.285. The van der Waals surface area contributed by atoms with Crippen LogP contribution in [0.15, 0.2) is 44.4 Å². The molecule has 0 radical (unpaired) electrons. The fourth-order valence-corrected chi connectivity index (χ4v) is 5.03. The first kappa shape index (κ1) is 15.0. The zero-order chi connectivity index (χ0) is 14.0. The van der Waals surface area contributed by atoms with Gasteiger partial charge in [-0.05, 0) is 52.7 Å². The zero-order valence-corrected chi connectivity index (χ0v) is 13.9. The van der Waals surface area contributed by atoms with Crippen LogP contribution in [0.2, 0.25) is 5.02 Å². The molecule has 2 aromatic rings. The molecule has 1 aromatic heterocycles. The van der Waals surface area contributed by atoms with E-state index in [1.54, 1.807) is 37.3 Å². The van der Waals surface area contributed by atoms with E-state index < -0.39 is 10.0 Å². The molecule has 1 aromatic carbocycles. The van der Waals surface area contributed by atoms with E-state index in [1.807, 2.05) is 6.07 Å². The van der Waals surface area contributed by atoms with Crippen molar-refractivity contribution in [3.8, 4) is 0 Å². The molecule has 0 fully saturated rings. The summed E-state index contributed by atoms with van der Waals surface area (Å²) in [6.45, 7) is 1.78. The third-order valence-corrected chi connectivity index (χ3v) is 6.39. The number of halogens is 2. The van der Waals surface area contributed by atoms with Crippen LogP contribution >= 0.6 is 38.9 Å². The second kappa shape index (κ2) is 5.93. The Hall–Kier alpha value is -0.400. The van der Waals surface area contributed by atoms with Crippen molar-refractivity contribution in [1.82, 2.24) is 4.72 Å². The quantitative estimate of drug-likeness (QED) is 0.864. The molecule has 0 spiro atoms. The van der Waals surface area contributed by atoms with Crippen LogP contribution in [0.1, 0.15) is 18.5 Å². The third-order valence-electron chi connectivity index (χ3n) is 2.49. The van der Waals surface area contributed by atoms with Gasteiger partial charge in [-0.3, -0.25) is 0 Å². The number of hydrogen-bond acceptors (Lipinski definition) is 3. The van der Waals surface area contributed by atoms with Crippen LogP contribution in [0.5, 0.6) is 0 Å². The molecule has 1 atom stereocenters. The van der Waals surface area contributed by atoms with Gasteiger partial charge in [0.2, 0.25) is 0 Å². The summed E-state index contributed by atoms with van der Waals surface area (Å²) in [6.07, 6.45) is 0. The number of thiophene rings is 1. The van der Waals surface area contributed by atoms with Gasteiger partial charge < -0.3 is 0 Å². The molecule has 0 saturated heterocycles. The molecule has 1 N–H and O–H groups in total. The fourth-order valence-electron chi connectivity index (χ4n) is 1.58. The van der Waals surface area contributed by atoms with Crippen LogP contribution in [0.25, 0.3) is 0 Å². The highest BCUT2D eigenvalue weighted by Crippen LogP contribution is 2.27. The average molecular weight is 381 g/mol. The predicted octanol–water partition coefficient (Wildman–Crippen LogP) is 4.20. The molecular weight excluding hydrogens is 370 g/mol. The monoisotopic (exact) mass is 379 g/mol. The number of benzene rings is 1. The SMILES string of the molecule is CC(NS(=O)(=O)c1ccc(Br)s1)c1cccc(Cl)c1. The summed E-state index contributed by atoms with van der Waals surface area (Å²) in [4.78, 5) is 0. The minimum atomic E-state index is -3.50. The summed E-state index contributed by atoms with van der Waals surface area (Å²) in [5.41, 5.74) is 0.826. The molecule has 0 aliphatic carbocycles. The van der Waals surface area contributed by atoms with E-state index in [0.29, 0.717) is 5.02 Å². The second-order valence-electron chi connectivity index (χ2n) is 3.96. The molecule has 3 nitrogen and oxygen atoms in total. The van der Waals surface area contributed by atoms with E-state index in [-0.39, 0.29) is 10.3 Å². The van der Waals surface area contributed by atoms with Crippen LogP contribution in [0, 0.1) is 0 Å². The molecule has 1 unspecified atom stereocenters. The van der Waals surface area contributed by atoms with Crippen molar-refractivity contribution < 1.29 is 8.42 Å². The second-order valence-corrected chi connectivity index (χ2v) is 8.80. The van der Waals surface area contributed by atoms with Gasteiger partial charge in [0.1, 0.15) is 4.21 Å². The van der Waals surface area contributed by atoms with E-state index in [4.69, 9.17) is 11.6 Å². The minimum Gasteiger partial charge on any atom is -0.206 e. The van der Waals surface area contributed by atoms with Crippen molar-refractivity contribution in [3.63, 3.8) is 0 Å². The molecule has 1 heterocycles. The maximum absolute atomic E-state index is 12.2. The lowest BCUT2D eigenvalue weighted by atomic mass is 10.1. The molecule has 0 amide bonds. The largest absolute Gasteiger partial charge is 0.250 e. The van der Waals surface area contributed by atoms with Gasteiger partial charge in [0.05, 0.1) is 3.79 Å². The Morgan fingerprint density at radius 3 is 2.63 bits per heavy atom. The van der Waals surface area contributed by atoms with Crippen LogP contribution in [0.3, 0.4) is 0 Å². The van der Waals surface area contributed by atoms with Gasteiger partial charge in [0.15, 0.2) is 0 Å². The summed E-state index contributed by atoms with van der Waals surface area (Å²) in [7, 11) is -3.50. The summed E-state index contributed by atoms with van der Waals surface area (Å²) in [5.74, 6) is 0. The normalized spacial score (nSPS) is 13.4. The smallest absolute Gasteiger partial charge is 0.206 e. The lowest BCUT2D eigenvalue weighted by Crippen LogP contribution is -2.26. The van der Waals surface area contributed by atoms with E-state index in [2.05, 4.69) is 20.7 Å². The molecule has 0 saturated carbocycles. The maximum atomic E-state index is 12.2. The molecule has 7 heteroatoms. The van der Waals surface area contributed by atoms with Crippen molar-refractivity contribution in [3.05, 3.63) is 50.8 Å². The van der Waals surface area contributed by atoms with Crippen molar-refractivity contribution in [2.75, 3.05) is 0 Å². The van der Waals surface area contributed by atoms with Gasteiger partial charge in [-0.25, -0.2) is 13.1 Å². The molecule has 0 aliphatic heterocycles. The van der Waals surface area contributed by atoms with E-state index >= 15 is 0 Å². The molecule has 19 heavy (non-hydrogen) atoms. The molecule has 102 valence electrons. The first-order chi connectivity index (χ1) is 8.88. The van der Waals surface area contributed by atoms with Crippen LogP contribution in [-0.2, 0) is 10.0 Å². The van der Waals surface area contributed by atoms with Crippen molar-refractivity contribution in [2.24, 2.45) is 0 Å². The highest BCUT2D eigenvalue weighted by molar-refractivity contribution is 9.11. The van der Waals surface area contributed by atoms with Crippen molar-refractivity contribution in [1.29, 1.82) is 0 Å². The number of hydrogen-bond donors (Lipinski definition) is 1. The Balaban J connectivity index is 2.21. The summed E-state index contributed by atoms with van der Waals surface area (Å²) >= 11 is 10.3. The first-order valence-corrected chi connectivity index (χ1v) is 8.89. The standard InChI is InChI=1S/C12H11BrClNO2S2/c1-8(9-3-2-4-10(14)7-9)15-19(16,17)12-6-5-11(13)18-12/h2-8,15H,1H3. The topological polar surface area (TPSA) is 46.2 Å². The van der Waals surface area contributed by atoms with Gasteiger partial charge in [0, 0.05) is 11.1 Å². The fraction of sp³-hybridized carbons (Fsp3) is 0.167. The summed E-state index contributed by atoms with van der Waals surface area (Å²) < 4.78 is 28.0. The Morgan fingerprint density at radius 1 is 1.32 bits per heavy atom. The average Bonchev–Trinajstić information content (AvgIpc) is 2.76. The van der Waals surface area contributed by atoms with Gasteiger partial charge in [-0.2, -0.15) is 0 Å². The van der Waals surface area contributed by atoms with E-state index in [0.717, 1.165) is 9.35 Å². The van der Waals surface area contributed by atoms with Gasteiger partial charge in [-0.1, -0.05) is 23.7 Å². The molecule has 0 bridgehead atoms. The van der Waals surface area contributed by atoms with E-state index in [9.17, 15) is 8.42 Å². The van der Waals surface area contributed by atoms with Crippen molar-refractivity contribution in [2.45, 2.75) is 17.2 Å². The zero-order valence-electron chi connectivity index (χ0n) is 9.93. The number of rotatable bonds is 4. The summed E-state index contributed by atoms with van der Waals surface area (Å²) in [5, 5.41) is 0.586. The Labute approximate surface area is 129 Å². The lowest BCUT2D eigenvalue weighted by Gasteiger charge is -2.14.